The number of benzene rings is 2. The van der Waals surface area contributed by atoms with Crippen LogP contribution < -0.4 is 0 Å². The molecule has 3 aliphatic rings. The van der Waals surface area contributed by atoms with Crippen molar-refractivity contribution in [3.05, 3.63) is 70.8 Å². The number of aliphatic hydroxyl groups is 2. The summed E-state index contributed by atoms with van der Waals surface area (Å²) in [5, 5.41) is 20.9. The summed E-state index contributed by atoms with van der Waals surface area (Å²) >= 11 is 0. The molecule has 1 saturated heterocycles. The van der Waals surface area contributed by atoms with E-state index in [1.165, 1.54) is 4.90 Å². The summed E-state index contributed by atoms with van der Waals surface area (Å²) < 4.78 is 0. The molecule has 0 spiro atoms. The van der Waals surface area contributed by atoms with Gasteiger partial charge in [0, 0.05) is 31.5 Å². The maximum absolute atomic E-state index is 13.8. The van der Waals surface area contributed by atoms with Gasteiger partial charge in [0.05, 0.1) is 17.7 Å². The van der Waals surface area contributed by atoms with Crippen LogP contribution in [0.1, 0.15) is 73.0 Å². The molecule has 0 unspecified atom stereocenters. The van der Waals surface area contributed by atoms with Crippen molar-refractivity contribution < 1.29 is 24.6 Å². The number of aryl methyl sites for hydroxylation is 1. The predicted molar refractivity (Wildman–Crippen MR) is 139 cm³/mol. The first-order chi connectivity index (χ1) is 17.7. The summed E-state index contributed by atoms with van der Waals surface area (Å²) in [5.41, 5.74) is 2.72. The third-order valence-electron chi connectivity index (χ3n) is 8.34. The highest BCUT2D eigenvalue weighted by Gasteiger charge is 2.45. The Morgan fingerprint density at radius 3 is 2.41 bits per heavy atom. The number of fused-ring (bicyclic) bond motifs is 1. The number of hydrogen-bond donors (Lipinski definition) is 2. The van der Waals surface area contributed by atoms with Gasteiger partial charge in [0.1, 0.15) is 6.04 Å². The van der Waals surface area contributed by atoms with E-state index in [4.69, 9.17) is 0 Å². The predicted octanol–water partition coefficient (Wildman–Crippen LogP) is 3.20. The van der Waals surface area contributed by atoms with E-state index in [9.17, 15) is 24.6 Å². The van der Waals surface area contributed by atoms with Gasteiger partial charge in [0.15, 0.2) is 5.78 Å². The molecule has 7 heteroatoms. The number of rotatable bonds is 8. The molecule has 37 heavy (non-hydrogen) atoms. The summed E-state index contributed by atoms with van der Waals surface area (Å²) in [7, 11) is 0. The van der Waals surface area contributed by atoms with Crippen molar-refractivity contribution in [2.24, 2.45) is 5.92 Å². The molecule has 0 radical (unpaired) electrons. The van der Waals surface area contributed by atoms with Gasteiger partial charge in [0.25, 0.3) is 5.91 Å². The number of likely N-dealkylation sites (tertiary alicyclic amines) is 1. The lowest BCUT2D eigenvalue weighted by atomic mass is 9.75. The second kappa shape index (κ2) is 10.0. The van der Waals surface area contributed by atoms with Crippen molar-refractivity contribution in [2.75, 3.05) is 6.54 Å². The minimum Gasteiger partial charge on any atom is -0.391 e. The van der Waals surface area contributed by atoms with Crippen LogP contribution in [0.3, 0.4) is 0 Å². The third-order valence-corrected chi connectivity index (χ3v) is 8.34. The van der Waals surface area contributed by atoms with Crippen LogP contribution in [0.2, 0.25) is 0 Å². The van der Waals surface area contributed by atoms with Crippen molar-refractivity contribution in [3.63, 3.8) is 0 Å². The van der Waals surface area contributed by atoms with E-state index in [0.29, 0.717) is 18.5 Å². The monoisotopic (exact) mass is 504 g/mol. The molecular weight excluding hydrogens is 468 g/mol. The van der Waals surface area contributed by atoms with E-state index in [2.05, 4.69) is 0 Å². The average molecular weight is 505 g/mol. The Morgan fingerprint density at radius 1 is 1.08 bits per heavy atom. The van der Waals surface area contributed by atoms with Crippen LogP contribution in [0.4, 0.5) is 0 Å². The van der Waals surface area contributed by atoms with Gasteiger partial charge in [-0.3, -0.25) is 14.4 Å². The number of amides is 2. The molecular formula is C30H36N2O5. The van der Waals surface area contributed by atoms with E-state index in [1.54, 1.807) is 11.0 Å². The van der Waals surface area contributed by atoms with Gasteiger partial charge in [0.2, 0.25) is 5.91 Å². The molecule has 1 saturated carbocycles. The zero-order valence-corrected chi connectivity index (χ0v) is 21.6. The minimum atomic E-state index is -0.764. The minimum absolute atomic E-state index is 0.0786. The molecule has 5 rings (SSSR count). The summed E-state index contributed by atoms with van der Waals surface area (Å²) in [6.07, 6.45) is 2.84. The normalized spacial score (nSPS) is 23.2. The van der Waals surface area contributed by atoms with E-state index < -0.39 is 23.8 Å². The van der Waals surface area contributed by atoms with Gasteiger partial charge in [-0.25, -0.2) is 0 Å². The summed E-state index contributed by atoms with van der Waals surface area (Å²) in [4.78, 5) is 43.4. The molecule has 3 atom stereocenters. The molecule has 0 aromatic heterocycles. The fraction of sp³-hybridized carbons (Fsp3) is 0.500. The Bertz CT molecular complexity index is 1190. The van der Waals surface area contributed by atoms with Crippen molar-refractivity contribution >= 4 is 17.6 Å². The lowest BCUT2D eigenvalue weighted by molar-refractivity contribution is -0.142. The number of nitrogens with zero attached hydrogens (tertiary/aromatic N) is 2. The molecule has 7 nitrogen and oxygen atoms in total. The summed E-state index contributed by atoms with van der Waals surface area (Å²) in [5.74, 6) is -0.669. The SMILES string of the molecule is CC(C)[C@@H](C(=O)N1C[C@H](O)C[C@H]1C(=O)CCc1ccc(C2(O)CCC2)cc1)N1Cc2ccccc2C1=O. The van der Waals surface area contributed by atoms with Crippen LogP contribution in [-0.4, -0.2) is 62.3 Å². The first kappa shape index (κ1) is 25.6. The van der Waals surface area contributed by atoms with Crippen LogP contribution in [0.25, 0.3) is 0 Å². The zero-order valence-electron chi connectivity index (χ0n) is 21.6. The Morgan fingerprint density at radius 2 is 1.78 bits per heavy atom. The lowest BCUT2D eigenvalue weighted by Crippen LogP contribution is -2.54. The van der Waals surface area contributed by atoms with Crippen LogP contribution in [0.15, 0.2) is 48.5 Å². The fourth-order valence-electron chi connectivity index (χ4n) is 6.03. The standard InChI is InChI=1S/C30H36N2O5/c1-19(2)27(32-17-21-6-3-4-7-24(21)28(32)35)29(36)31-18-23(33)16-25(31)26(34)13-10-20-8-11-22(12-9-20)30(37)14-5-15-30/h3-4,6-9,11-12,19,23,25,27,33,37H,5,10,13-18H2,1-2H3/t23-,25+,27+/m1/s1. The van der Waals surface area contributed by atoms with E-state index >= 15 is 0 Å². The highest BCUT2D eigenvalue weighted by Crippen LogP contribution is 2.41. The molecule has 2 fully saturated rings. The quantitative estimate of drug-likeness (QED) is 0.575. The number of carbonyl (C=O) groups is 3. The fourth-order valence-corrected chi connectivity index (χ4v) is 6.03. The molecule has 2 aromatic carbocycles. The van der Waals surface area contributed by atoms with Crippen molar-refractivity contribution in [2.45, 2.75) is 82.7 Å². The Kier molecular flexibility index (Phi) is 6.94. The highest BCUT2D eigenvalue weighted by molar-refractivity contribution is 6.01. The molecule has 2 aliphatic heterocycles. The summed E-state index contributed by atoms with van der Waals surface area (Å²) in [6, 6.07) is 13.8. The molecule has 0 bridgehead atoms. The number of hydrogen-bond acceptors (Lipinski definition) is 5. The van der Waals surface area contributed by atoms with Gasteiger partial charge < -0.3 is 20.0 Å². The van der Waals surface area contributed by atoms with Gasteiger partial charge in [-0.2, -0.15) is 0 Å². The second-order valence-corrected chi connectivity index (χ2v) is 11.2. The first-order valence-electron chi connectivity index (χ1n) is 13.4. The number of Topliss-reactive ketones (excluding diaryl/α,β-unsaturated/α-hetero) is 1. The van der Waals surface area contributed by atoms with Crippen LogP contribution in [-0.2, 0) is 28.2 Å². The molecule has 1 aliphatic carbocycles. The summed E-state index contributed by atoms with van der Waals surface area (Å²) in [6.45, 7) is 4.28. The number of ketones is 1. The molecule has 196 valence electrons. The van der Waals surface area contributed by atoms with Gasteiger partial charge >= 0.3 is 0 Å². The Labute approximate surface area is 218 Å². The number of β-amino-alcohol motifs (C(OH)–C–C–N with tert-alkyl or cyclic N) is 1. The van der Waals surface area contributed by atoms with Gasteiger partial charge in [-0.15, -0.1) is 0 Å². The Hall–Kier alpha value is -3.03. The topological polar surface area (TPSA) is 98.2 Å². The number of carbonyl (C=O) groups excluding carboxylic acids is 3. The van der Waals surface area contributed by atoms with E-state index in [1.807, 2.05) is 56.3 Å². The van der Waals surface area contributed by atoms with Gasteiger partial charge in [-0.05, 0) is 54.4 Å². The van der Waals surface area contributed by atoms with Crippen molar-refractivity contribution in [3.8, 4) is 0 Å². The highest BCUT2D eigenvalue weighted by atomic mass is 16.3. The number of aliphatic hydroxyl groups excluding tert-OH is 1. The first-order valence-corrected chi connectivity index (χ1v) is 13.4. The Balaban J connectivity index is 1.27. The van der Waals surface area contributed by atoms with Crippen molar-refractivity contribution in [1.29, 1.82) is 0 Å². The smallest absolute Gasteiger partial charge is 0.255 e. The van der Waals surface area contributed by atoms with Crippen LogP contribution in [0.5, 0.6) is 0 Å². The second-order valence-electron chi connectivity index (χ2n) is 11.2. The largest absolute Gasteiger partial charge is 0.391 e. The van der Waals surface area contributed by atoms with E-state index in [0.717, 1.165) is 36.0 Å². The van der Waals surface area contributed by atoms with Crippen molar-refractivity contribution in [1.82, 2.24) is 9.80 Å². The zero-order chi connectivity index (χ0) is 26.3. The lowest BCUT2D eigenvalue weighted by Gasteiger charge is -2.37. The molecule has 2 N–H and O–H groups in total. The maximum atomic E-state index is 13.8. The van der Waals surface area contributed by atoms with Gasteiger partial charge in [-0.1, -0.05) is 56.3 Å². The molecule has 2 aromatic rings. The van der Waals surface area contributed by atoms with Crippen LogP contribution >= 0.6 is 0 Å². The molecule has 2 amide bonds. The van der Waals surface area contributed by atoms with E-state index in [-0.39, 0.29) is 42.9 Å². The average Bonchev–Trinajstić information content (AvgIpc) is 3.41. The maximum Gasteiger partial charge on any atom is 0.255 e. The molecule has 2 heterocycles. The van der Waals surface area contributed by atoms with Crippen LogP contribution in [0, 0.1) is 5.92 Å². The third kappa shape index (κ3) is 4.82.